The molecule has 0 nitrogen and oxygen atoms in total. The normalized spacial score (nSPS) is 39.3. The maximum atomic E-state index is 4.37. The molecule has 0 aromatic heterocycles. The number of allylic oxidation sites excluding steroid dienone is 6. The van der Waals surface area contributed by atoms with Crippen molar-refractivity contribution in [2.45, 2.75) is 45.4 Å². The molecular weight excluding hydrogens is 216 g/mol. The molecule has 0 saturated heterocycles. The van der Waals surface area contributed by atoms with Gasteiger partial charge in [-0.25, -0.2) is 0 Å². The van der Waals surface area contributed by atoms with Crippen molar-refractivity contribution in [1.82, 2.24) is 0 Å². The highest BCUT2D eigenvalue weighted by atomic mass is 14.9. The van der Waals surface area contributed by atoms with Gasteiger partial charge in [-0.3, -0.25) is 0 Å². The van der Waals surface area contributed by atoms with Gasteiger partial charge in [0.05, 0.1) is 0 Å². The summed E-state index contributed by atoms with van der Waals surface area (Å²) in [5.74, 6) is 0.768. The lowest BCUT2D eigenvalue weighted by Gasteiger charge is -2.14. The molecule has 96 valence electrons. The topological polar surface area (TPSA) is 0 Å². The van der Waals surface area contributed by atoms with Gasteiger partial charge in [-0.05, 0) is 51.4 Å². The Morgan fingerprint density at radius 3 is 2.56 bits per heavy atom. The fourth-order valence-electron chi connectivity index (χ4n) is 3.85. The van der Waals surface area contributed by atoms with Gasteiger partial charge in [-0.1, -0.05) is 48.6 Å². The lowest BCUT2D eigenvalue weighted by atomic mass is 9.92. The summed E-state index contributed by atoms with van der Waals surface area (Å²) in [4.78, 5) is 0. The minimum absolute atomic E-state index is 0.511. The van der Waals surface area contributed by atoms with Gasteiger partial charge in [0.1, 0.15) is 0 Å². The molecule has 18 heavy (non-hydrogen) atoms. The Labute approximate surface area is 111 Å². The molecule has 3 aliphatic rings. The molecule has 0 radical (unpaired) electrons. The van der Waals surface area contributed by atoms with Crippen molar-refractivity contribution in [1.29, 1.82) is 0 Å². The Hall–Kier alpha value is -1.04. The molecule has 1 unspecified atom stereocenters. The van der Waals surface area contributed by atoms with Crippen LogP contribution in [-0.4, -0.2) is 0 Å². The van der Waals surface area contributed by atoms with Crippen LogP contribution >= 0.6 is 0 Å². The van der Waals surface area contributed by atoms with E-state index in [-0.39, 0.29) is 0 Å². The van der Waals surface area contributed by atoms with Crippen molar-refractivity contribution in [3.63, 3.8) is 0 Å². The number of hydrogen-bond donors (Lipinski definition) is 0. The molecule has 0 aromatic carbocycles. The van der Waals surface area contributed by atoms with Gasteiger partial charge < -0.3 is 0 Å². The second kappa shape index (κ2) is 3.98. The Morgan fingerprint density at radius 2 is 2.00 bits per heavy atom. The molecular formula is C18H24. The molecule has 3 aliphatic carbocycles. The summed E-state index contributed by atoms with van der Waals surface area (Å²) in [6.45, 7) is 10.7. The van der Waals surface area contributed by atoms with E-state index in [1.165, 1.54) is 49.7 Å². The molecule has 0 amide bonds. The summed E-state index contributed by atoms with van der Waals surface area (Å²) in [7, 11) is 0. The van der Waals surface area contributed by atoms with Crippen LogP contribution in [0, 0.1) is 16.7 Å². The quantitative estimate of drug-likeness (QED) is 0.560. The summed E-state index contributed by atoms with van der Waals surface area (Å²) in [5.41, 5.74) is 3.93. The Morgan fingerprint density at radius 1 is 1.22 bits per heavy atom. The van der Waals surface area contributed by atoms with E-state index in [0.29, 0.717) is 10.8 Å². The van der Waals surface area contributed by atoms with E-state index >= 15 is 0 Å². The highest BCUT2D eigenvalue weighted by molar-refractivity contribution is 5.50. The molecule has 2 saturated carbocycles. The van der Waals surface area contributed by atoms with Crippen LogP contribution in [0.15, 0.2) is 48.6 Å². The molecule has 0 spiro atoms. The molecule has 2 fully saturated rings. The third-order valence-corrected chi connectivity index (χ3v) is 5.49. The second-order valence-electron chi connectivity index (χ2n) is 6.60. The summed E-state index contributed by atoms with van der Waals surface area (Å²) in [6.07, 6.45) is 16.7. The third-order valence-electron chi connectivity index (χ3n) is 5.49. The zero-order valence-electron chi connectivity index (χ0n) is 11.5. The predicted octanol–water partition coefficient (Wildman–Crippen LogP) is 5.20. The fourth-order valence-corrected chi connectivity index (χ4v) is 3.85. The SMILES string of the molecule is C=C(C)C12CC1(C(=C)CCCC1C=CC=CC1)C2. The predicted molar refractivity (Wildman–Crippen MR) is 78.3 cm³/mol. The minimum atomic E-state index is 0.511. The van der Waals surface area contributed by atoms with Crippen molar-refractivity contribution >= 4 is 0 Å². The maximum Gasteiger partial charge on any atom is 0.00206 e. The smallest absolute Gasteiger partial charge is 0.00206 e. The van der Waals surface area contributed by atoms with Gasteiger partial charge in [0.2, 0.25) is 0 Å². The van der Waals surface area contributed by atoms with Crippen molar-refractivity contribution < 1.29 is 0 Å². The number of rotatable bonds is 6. The van der Waals surface area contributed by atoms with Gasteiger partial charge in [0.25, 0.3) is 0 Å². The maximum absolute atomic E-state index is 4.37. The van der Waals surface area contributed by atoms with E-state index in [1.54, 1.807) is 0 Å². The van der Waals surface area contributed by atoms with E-state index in [4.69, 9.17) is 0 Å². The molecule has 0 aromatic rings. The summed E-state index contributed by atoms with van der Waals surface area (Å²) in [6, 6.07) is 0. The van der Waals surface area contributed by atoms with E-state index in [9.17, 15) is 0 Å². The largest absolute Gasteiger partial charge is 0.0995 e. The molecule has 0 aliphatic heterocycles. The van der Waals surface area contributed by atoms with Gasteiger partial charge in [-0.2, -0.15) is 0 Å². The minimum Gasteiger partial charge on any atom is -0.0995 e. The van der Waals surface area contributed by atoms with E-state index < -0.39 is 0 Å². The second-order valence-corrected chi connectivity index (χ2v) is 6.60. The van der Waals surface area contributed by atoms with Crippen LogP contribution in [-0.2, 0) is 0 Å². The lowest BCUT2D eigenvalue weighted by molar-refractivity contribution is 0.549. The van der Waals surface area contributed by atoms with Crippen LogP contribution in [0.5, 0.6) is 0 Å². The Balaban J connectivity index is 1.43. The average Bonchev–Trinajstić information content (AvgIpc) is 3.16. The van der Waals surface area contributed by atoms with E-state index in [0.717, 1.165) is 5.92 Å². The molecule has 0 heteroatoms. The molecule has 0 heterocycles. The molecule has 0 N–H and O–H groups in total. The monoisotopic (exact) mass is 240 g/mol. The standard InChI is InChI=1S/C18H24/c1-14(2)17-12-18(17,13-17)15(3)8-7-11-16-9-5-4-6-10-16/h4-6,9,16H,1,3,7-8,10-13H2,2H3. The van der Waals surface area contributed by atoms with Gasteiger partial charge in [-0.15, -0.1) is 0 Å². The fraction of sp³-hybridized carbons (Fsp3) is 0.556. The zero-order chi connectivity index (χ0) is 12.8. The van der Waals surface area contributed by atoms with Gasteiger partial charge in [0.15, 0.2) is 0 Å². The first-order chi connectivity index (χ1) is 8.61. The summed E-state index contributed by atoms with van der Waals surface area (Å²) in [5, 5.41) is 0. The molecule has 0 bridgehead atoms. The van der Waals surface area contributed by atoms with Crippen LogP contribution in [0.1, 0.15) is 45.4 Å². The van der Waals surface area contributed by atoms with Crippen LogP contribution in [0.2, 0.25) is 0 Å². The third kappa shape index (κ3) is 1.66. The average molecular weight is 240 g/mol. The van der Waals surface area contributed by atoms with Gasteiger partial charge in [0, 0.05) is 10.8 Å². The lowest BCUT2D eigenvalue weighted by Crippen LogP contribution is -1.99. The Bertz CT molecular complexity index is 441. The highest BCUT2D eigenvalue weighted by Crippen LogP contribution is 2.91. The van der Waals surface area contributed by atoms with Crippen LogP contribution in [0.4, 0.5) is 0 Å². The van der Waals surface area contributed by atoms with Crippen LogP contribution in [0.25, 0.3) is 0 Å². The van der Waals surface area contributed by atoms with Crippen LogP contribution < -0.4 is 0 Å². The van der Waals surface area contributed by atoms with Crippen molar-refractivity contribution in [3.8, 4) is 0 Å². The van der Waals surface area contributed by atoms with Gasteiger partial charge >= 0.3 is 0 Å². The highest BCUT2D eigenvalue weighted by Gasteiger charge is 2.83. The first-order valence-corrected chi connectivity index (χ1v) is 7.28. The molecule has 1 atom stereocenters. The molecule has 3 rings (SSSR count). The van der Waals surface area contributed by atoms with Crippen molar-refractivity contribution in [2.24, 2.45) is 16.7 Å². The first-order valence-electron chi connectivity index (χ1n) is 7.28. The number of hydrogen-bond acceptors (Lipinski definition) is 0. The summed E-state index contributed by atoms with van der Waals surface area (Å²) >= 11 is 0. The van der Waals surface area contributed by atoms with E-state index in [2.05, 4.69) is 44.4 Å². The van der Waals surface area contributed by atoms with Crippen molar-refractivity contribution in [3.05, 3.63) is 48.6 Å². The number of fused-ring (bicyclic) bond motifs is 1. The first kappa shape index (κ1) is 12.0. The van der Waals surface area contributed by atoms with Crippen molar-refractivity contribution in [2.75, 3.05) is 0 Å². The zero-order valence-corrected chi connectivity index (χ0v) is 11.5. The summed E-state index contributed by atoms with van der Waals surface area (Å²) < 4.78 is 0. The Kier molecular flexibility index (Phi) is 2.66. The van der Waals surface area contributed by atoms with Crippen LogP contribution in [0.3, 0.4) is 0 Å². The van der Waals surface area contributed by atoms with E-state index in [1.807, 2.05) is 0 Å².